The standard InChI is InChI=1S/C11H14N2O2S/c1-7(14)6-16-11-12-9-4-3-8(15-2)5-10(9)13-11/h3-5,7,14H,6H2,1-2H3,(H,12,13). The molecule has 1 unspecified atom stereocenters. The molecule has 0 aliphatic heterocycles. The summed E-state index contributed by atoms with van der Waals surface area (Å²) in [6, 6.07) is 5.71. The lowest BCUT2D eigenvalue weighted by atomic mass is 10.3. The Bertz CT molecular complexity index is 482. The van der Waals surface area contributed by atoms with Crippen LogP contribution in [0.2, 0.25) is 0 Å². The van der Waals surface area contributed by atoms with Gasteiger partial charge in [-0.15, -0.1) is 0 Å². The summed E-state index contributed by atoms with van der Waals surface area (Å²) in [5.74, 6) is 1.44. The Balaban J connectivity index is 2.22. The molecular formula is C11H14N2O2S. The Morgan fingerprint density at radius 3 is 3.06 bits per heavy atom. The third-order valence-electron chi connectivity index (χ3n) is 2.13. The first-order valence-corrected chi connectivity index (χ1v) is 6.02. The van der Waals surface area contributed by atoms with Crippen LogP contribution in [-0.2, 0) is 0 Å². The highest BCUT2D eigenvalue weighted by atomic mass is 32.2. The molecule has 1 aromatic heterocycles. The molecule has 1 heterocycles. The largest absolute Gasteiger partial charge is 0.497 e. The van der Waals surface area contributed by atoms with E-state index in [-0.39, 0.29) is 6.10 Å². The third-order valence-corrected chi connectivity index (χ3v) is 3.24. The van der Waals surface area contributed by atoms with E-state index in [1.54, 1.807) is 14.0 Å². The monoisotopic (exact) mass is 238 g/mol. The predicted molar refractivity (Wildman–Crippen MR) is 65.1 cm³/mol. The van der Waals surface area contributed by atoms with Crippen molar-refractivity contribution in [3.05, 3.63) is 18.2 Å². The summed E-state index contributed by atoms with van der Waals surface area (Å²) in [5, 5.41) is 10.0. The number of nitrogens with zero attached hydrogens (tertiary/aromatic N) is 1. The number of aromatic nitrogens is 2. The first-order valence-electron chi connectivity index (χ1n) is 5.03. The maximum absolute atomic E-state index is 9.19. The summed E-state index contributed by atoms with van der Waals surface area (Å²) in [6.45, 7) is 1.76. The third kappa shape index (κ3) is 2.48. The molecule has 0 radical (unpaired) electrons. The maximum Gasteiger partial charge on any atom is 0.166 e. The van der Waals surface area contributed by atoms with E-state index in [2.05, 4.69) is 9.97 Å². The van der Waals surface area contributed by atoms with Gasteiger partial charge in [-0.25, -0.2) is 4.98 Å². The minimum Gasteiger partial charge on any atom is -0.497 e. The molecule has 0 saturated heterocycles. The fourth-order valence-corrected chi connectivity index (χ4v) is 2.10. The number of aromatic amines is 1. The molecule has 0 spiro atoms. The Hall–Kier alpha value is -1.20. The molecule has 0 amide bonds. The van der Waals surface area contributed by atoms with E-state index in [0.29, 0.717) is 5.75 Å². The first-order chi connectivity index (χ1) is 7.69. The van der Waals surface area contributed by atoms with Crippen molar-refractivity contribution in [3.63, 3.8) is 0 Å². The van der Waals surface area contributed by atoms with E-state index in [4.69, 9.17) is 4.74 Å². The molecule has 2 rings (SSSR count). The molecule has 1 atom stereocenters. The predicted octanol–water partition coefficient (Wildman–Crippen LogP) is 2.04. The Labute approximate surface area is 98.0 Å². The smallest absolute Gasteiger partial charge is 0.166 e. The number of imidazole rings is 1. The number of aliphatic hydroxyl groups excluding tert-OH is 1. The number of benzene rings is 1. The summed E-state index contributed by atoms with van der Waals surface area (Å²) in [6.07, 6.45) is -0.326. The lowest BCUT2D eigenvalue weighted by molar-refractivity contribution is 0.220. The van der Waals surface area contributed by atoms with Gasteiger partial charge in [-0.3, -0.25) is 0 Å². The molecule has 0 bridgehead atoms. The van der Waals surface area contributed by atoms with Crippen LogP contribution in [0.15, 0.2) is 23.4 Å². The zero-order valence-corrected chi connectivity index (χ0v) is 10.0. The van der Waals surface area contributed by atoms with Crippen molar-refractivity contribution >= 4 is 22.8 Å². The topological polar surface area (TPSA) is 58.1 Å². The molecule has 0 saturated carbocycles. The van der Waals surface area contributed by atoms with Gasteiger partial charge in [0.15, 0.2) is 5.16 Å². The van der Waals surface area contributed by atoms with Gasteiger partial charge in [-0.1, -0.05) is 11.8 Å². The molecule has 4 nitrogen and oxygen atoms in total. The Morgan fingerprint density at radius 1 is 1.56 bits per heavy atom. The van der Waals surface area contributed by atoms with Crippen LogP contribution in [0, 0.1) is 0 Å². The average molecular weight is 238 g/mol. The highest BCUT2D eigenvalue weighted by molar-refractivity contribution is 7.99. The van der Waals surface area contributed by atoms with Gasteiger partial charge >= 0.3 is 0 Å². The van der Waals surface area contributed by atoms with Gasteiger partial charge < -0.3 is 14.8 Å². The number of nitrogens with one attached hydrogen (secondary N) is 1. The quantitative estimate of drug-likeness (QED) is 0.800. The van der Waals surface area contributed by atoms with E-state index in [1.807, 2.05) is 18.2 Å². The van der Waals surface area contributed by atoms with Gasteiger partial charge in [0.25, 0.3) is 0 Å². The minimum atomic E-state index is -0.326. The van der Waals surface area contributed by atoms with E-state index in [0.717, 1.165) is 21.9 Å². The van der Waals surface area contributed by atoms with Crippen molar-refractivity contribution < 1.29 is 9.84 Å². The van der Waals surface area contributed by atoms with E-state index >= 15 is 0 Å². The van der Waals surface area contributed by atoms with Gasteiger partial charge in [-0.05, 0) is 19.1 Å². The molecule has 16 heavy (non-hydrogen) atoms. The van der Waals surface area contributed by atoms with Crippen molar-refractivity contribution in [3.8, 4) is 5.75 Å². The van der Waals surface area contributed by atoms with Crippen LogP contribution in [0.25, 0.3) is 11.0 Å². The molecule has 2 N–H and O–H groups in total. The Morgan fingerprint density at radius 2 is 2.38 bits per heavy atom. The molecule has 86 valence electrons. The summed E-state index contributed by atoms with van der Waals surface area (Å²) < 4.78 is 5.14. The van der Waals surface area contributed by atoms with Crippen LogP contribution in [0.4, 0.5) is 0 Å². The Kier molecular flexibility index (Phi) is 3.36. The van der Waals surface area contributed by atoms with Crippen molar-refractivity contribution in [2.45, 2.75) is 18.2 Å². The maximum atomic E-state index is 9.19. The van der Waals surface area contributed by atoms with E-state index < -0.39 is 0 Å². The van der Waals surface area contributed by atoms with Crippen LogP contribution in [-0.4, -0.2) is 34.0 Å². The molecule has 1 aromatic carbocycles. The molecule has 5 heteroatoms. The molecular weight excluding hydrogens is 224 g/mol. The lowest BCUT2D eigenvalue weighted by Gasteiger charge is -1.99. The summed E-state index contributed by atoms with van der Waals surface area (Å²) in [4.78, 5) is 7.59. The van der Waals surface area contributed by atoms with E-state index in [1.165, 1.54) is 11.8 Å². The fourth-order valence-electron chi connectivity index (χ4n) is 1.36. The molecule has 0 aliphatic carbocycles. The van der Waals surface area contributed by atoms with Crippen LogP contribution >= 0.6 is 11.8 Å². The number of hydrogen-bond donors (Lipinski definition) is 2. The number of aliphatic hydroxyl groups is 1. The highest BCUT2D eigenvalue weighted by Gasteiger charge is 2.05. The van der Waals surface area contributed by atoms with Crippen LogP contribution in [0.3, 0.4) is 0 Å². The second kappa shape index (κ2) is 4.76. The summed E-state index contributed by atoms with van der Waals surface area (Å²) >= 11 is 1.51. The number of H-pyrrole nitrogens is 1. The SMILES string of the molecule is COc1ccc2nc(SCC(C)O)[nH]c2c1. The number of fused-ring (bicyclic) bond motifs is 1. The molecule has 2 aromatic rings. The molecule has 0 aliphatic rings. The number of hydrogen-bond acceptors (Lipinski definition) is 4. The number of methoxy groups -OCH3 is 1. The summed E-state index contributed by atoms with van der Waals surface area (Å²) in [7, 11) is 1.64. The fraction of sp³-hybridized carbons (Fsp3) is 0.364. The van der Waals surface area contributed by atoms with Crippen molar-refractivity contribution in [2.75, 3.05) is 12.9 Å². The average Bonchev–Trinajstić information content (AvgIpc) is 2.67. The zero-order valence-electron chi connectivity index (χ0n) is 9.23. The number of rotatable bonds is 4. The van der Waals surface area contributed by atoms with Gasteiger partial charge in [0.2, 0.25) is 0 Å². The summed E-state index contributed by atoms with van der Waals surface area (Å²) in [5.41, 5.74) is 1.86. The van der Waals surface area contributed by atoms with Gasteiger partial charge in [-0.2, -0.15) is 0 Å². The highest BCUT2D eigenvalue weighted by Crippen LogP contribution is 2.23. The van der Waals surface area contributed by atoms with E-state index in [9.17, 15) is 5.11 Å². The van der Waals surface area contributed by atoms with Gasteiger partial charge in [0.05, 0.1) is 24.2 Å². The first kappa shape index (κ1) is 11.3. The van der Waals surface area contributed by atoms with Crippen molar-refractivity contribution in [1.29, 1.82) is 0 Å². The lowest BCUT2D eigenvalue weighted by Crippen LogP contribution is -2.02. The second-order valence-electron chi connectivity index (χ2n) is 3.59. The second-order valence-corrected chi connectivity index (χ2v) is 4.59. The normalized spacial score (nSPS) is 12.9. The van der Waals surface area contributed by atoms with Crippen molar-refractivity contribution in [1.82, 2.24) is 9.97 Å². The molecule has 0 fully saturated rings. The van der Waals surface area contributed by atoms with Crippen molar-refractivity contribution in [2.24, 2.45) is 0 Å². The van der Waals surface area contributed by atoms with Gasteiger partial charge in [0.1, 0.15) is 5.75 Å². The van der Waals surface area contributed by atoms with Crippen LogP contribution < -0.4 is 4.74 Å². The van der Waals surface area contributed by atoms with Gasteiger partial charge in [0, 0.05) is 11.8 Å². The van der Waals surface area contributed by atoms with Crippen LogP contribution in [0.1, 0.15) is 6.92 Å². The zero-order chi connectivity index (χ0) is 11.5. The number of thioether (sulfide) groups is 1. The number of ether oxygens (including phenoxy) is 1. The minimum absolute atomic E-state index is 0.326. The van der Waals surface area contributed by atoms with Crippen LogP contribution in [0.5, 0.6) is 5.75 Å².